The molecule has 0 atom stereocenters. The van der Waals surface area contributed by atoms with Gasteiger partial charge in [0.05, 0.1) is 26.4 Å². The standard InChI is InChI=1S/C15H26N2O2.C13H23N3O3.C3H8.C2H6/c18-15(16-13-4-2-1-3-5-13)12-6-8-17(9-7-12)14-10-19-11-14;1-19-13(18)16-9-7-15(8-10-16)12(17)14-11-5-3-2-4-6-11;1-3-2;1-2/h12-14H,1-11H2,(H,16,18);11H,2-10H2,1H3,(H,14,17);3H2,1-2H3;1-2H3. The molecule has 2 saturated carbocycles. The highest BCUT2D eigenvalue weighted by molar-refractivity contribution is 5.79. The third kappa shape index (κ3) is 13.2. The number of likely N-dealkylation sites (tertiary alicyclic amines) is 1. The van der Waals surface area contributed by atoms with Crippen LogP contribution in [-0.2, 0) is 14.3 Å². The van der Waals surface area contributed by atoms with Crippen molar-refractivity contribution >= 4 is 18.0 Å². The Kier molecular flexibility index (Phi) is 18.6. The van der Waals surface area contributed by atoms with E-state index in [2.05, 4.69) is 34.1 Å². The van der Waals surface area contributed by atoms with Gasteiger partial charge in [0.2, 0.25) is 5.91 Å². The van der Waals surface area contributed by atoms with Crippen molar-refractivity contribution in [2.75, 3.05) is 59.6 Å². The number of carbonyl (C=O) groups is 3. The molecule has 0 radical (unpaired) electrons. The maximum atomic E-state index is 12.3. The van der Waals surface area contributed by atoms with Crippen LogP contribution in [0.25, 0.3) is 0 Å². The quantitative estimate of drug-likeness (QED) is 0.442. The minimum atomic E-state index is -0.313. The Hall–Kier alpha value is -2.07. The van der Waals surface area contributed by atoms with Gasteiger partial charge in [-0.3, -0.25) is 9.69 Å². The highest BCUT2D eigenvalue weighted by Crippen LogP contribution is 2.24. The van der Waals surface area contributed by atoms with Crippen molar-refractivity contribution in [1.29, 1.82) is 0 Å². The molecule has 4 amide bonds. The van der Waals surface area contributed by atoms with Gasteiger partial charge in [-0.1, -0.05) is 72.6 Å². The summed E-state index contributed by atoms with van der Waals surface area (Å²) in [5.74, 6) is 0.565. The van der Waals surface area contributed by atoms with Crippen molar-refractivity contribution in [2.24, 2.45) is 5.92 Å². The van der Waals surface area contributed by atoms with Crippen LogP contribution in [0.2, 0.25) is 0 Å². The molecule has 5 rings (SSSR count). The summed E-state index contributed by atoms with van der Waals surface area (Å²) in [4.78, 5) is 41.6. The molecule has 10 heteroatoms. The maximum absolute atomic E-state index is 12.3. The molecule has 0 spiro atoms. The van der Waals surface area contributed by atoms with E-state index >= 15 is 0 Å². The van der Waals surface area contributed by atoms with Crippen molar-refractivity contribution in [2.45, 2.75) is 129 Å². The summed E-state index contributed by atoms with van der Waals surface area (Å²) in [7, 11) is 1.38. The molecule has 5 fully saturated rings. The number of nitrogens with one attached hydrogen (secondary N) is 2. The summed E-state index contributed by atoms with van der Waals surface area (Å²) in [6, 6.07) is 1.43. The molecule has 2 N–H and O–H groups in total. The number of piperazine rings is 1. The lowest BCUT2D eigenvalue weighted by molar-refractivity contribution is -0.129. The van der Waals surface area contributed by atoms with E-state index in [9.17, 15) is 14.4 Å². The minimum absolute atomic E-state index is 0.0106. The second-order valence-electron chi connectivity index (χ2n) is 12.3. The molecule has 10 nitrogen and oxygen atoms in total. The van der Waals surface area contributed by atoms with E-state index in [1.54, 1.807) is 9.80 Å². The van der Waals surface area contributed by atoms with E-state index in [1.165, 1.54) is 64.9 Å². The summed E-state index contributed by atoms with van der Waals surface area (Å²) in [6.07, 6.45) is 15.1. The van der Waals surface area contributed by atoms with E-state index in [0.29, 0.717) is 50.2 Å². The van der Waals surface area contributed by atoms with E-state index in [1.807, 2.05) is 13.8 Å². The summed E-state index contributed by atoms with van der Waals surface area (Å²) >= 11 is 0. The Morgan fingerprint density at radius 3 is 1.60 bits per heavy atom. The zero-order valence-electron chi connectivity index (χ0n) is 28.0. The van der Waals surface area contributed by atoms with Crippen LogP contribution in [0.1, 0.15) is 111 Å². The van der Waals surface area contributed by atoms with E-state index in [0.717, 1.165) is 52.0 Å². The third-order valence-electron chi connectivity index (χ3n) is 8.92. The Morgan fingerprint density at radius 1 is 0.698 bits per heavy atom. The zero-order chi connectivity index (χ0) is 31.5. The van der Waals surface area contributed by atoms with Crippen LogP contribution < -0.4 is 10.6 Å². The molecule has 0 bridgehead atoms. The van der Waals surface area contributed by atoms with Gasteiger partial charge >= 0.3 is 12.1 Å². The number of nitrogens with zero attached hydrogens (tertiary/aromatic N) is 3. The number of ether oxygens (including phenoxy) is 2. The molecule has 250 valence electrons. The van der Waals surface area contributed by atoms with Crippen LogP contribution in [0.5, 0.6) is 0 Å². The lowest BCUT2D eigenvalue weighted by atomic mass is 9.92. The van der Waals surface area contributed by atoms with Gasteiger partial charge in [0.25, 0.3) is 0 Å². The number of rotatable bonds is 4. The first-order valence-electron chi connectivity index (χ1n) is 17.5. The smallest absolute Gasteiger partial charge is 0.409 e. The molecule has 43 heavy (non-hydrogen) atoms. The topological polar surface area (TPSA) is 103 Å². The van der Waals surface area contributed by atoms with Crippen LogP contribution in [0.15, 0.2) is 0 Å². The molecule has 0 aromatic heterocycles. The van der Waals surface area contributed by atoms with E-state index in [4.69, 9.17) is 4.74 Å². The Morgan fingerprint density at radius 2 is 1.16 bits per heavy atom. The van der Waals surface area contributed by atoms with Gasteiger partial charge in [-0.2, -0.15) is 0 Å². The van der Waals surface area contributed by atoms with Gasteiger partial charge in [0.15, 0.2) is 0 Å². The van der Waals surface area contributed by atoms with Gasteiger partial charge in [-0.05, 0) is 51.6 Å². The normalized spacial score (nSPS) is 22.3. The van der Waals surface area contributed by atoms with E-state index < -0.39 is 0 Å². The van der Waals surface area contributed by atoms with Gasteiger partial charge in [0, 0.05) is 44.2 Å². The lowest BCUT2D eigenvalue weighted by Crippen LogP contribution is -2.54. The highest BCUT2D eigenvalue weighted by atomic mass is 16.5. The summed E-state index contributed by atoms with van der Waals surface area (Å²) in [6.45, 7) is 14.4. The highest BCUT2D eigenvalue weighted by Gasteiger charge is 2.32. The van der Waals surface area contributed by atoms with Crippen molar-refractivity contribution in [3.05, 3.63) is 0 Å². The zero-order valence-corrected chi connectivity index (χ0v) is 28.0. The molecule has 5 aliphatic rings. The SMILES string of the molecule is CC.CCC.COC(=O)N1CCN(C(=O)NC2CCCCC2)CC1.O=C(NC1CCCCC1)C1CCN(C2COC2)CC1. The van der Waals surface area contributed by atoms with Crippen LogP contribution in [-0.4, -0.2) is 110 Å². The Labute approximate surface area is 261 Å². The summed E-state index contributed by atoms with van der Waals surface area (Å²) in [5.41, 5.74) is 0. The number of methoxy groups -OCH3 is 1. The first-order valence-corrected chi connectivity index (χ1v) is 17.5. The summed E-state index contributed by atoms with van der Waals surface area (Å²) < 4.78 is 9.92. The second kappa shape index (κ2) is 21.6. The van der Waals surface area contributed by atoms with Gasteiger partial charge in [0.1, 0.15) is 0 Å². The fraction of sp³-hybridized carbons (Fsp3) is 0.909. The number of urea groups is 1. The molecule has 3 aliphatic heterocycles. The summed E-state index contributed by atoms with van der Waals surface area (Å²) in [5, 5.41) is 6.38. The van der Waals surface area contributed by atoms with Crippen molar-refractivity contribution in [3.63, 3.8) is 0 Å². The number of carbonyl (C=O) groups excluding carboxylic acids is 3. The van der Waals surface area contributed by atoms with E-state index in [-0.39, 0.29) is 18.0 Å². The number of hydrogen-bond acceptors (Lipinski definition) is 6. The van der Waals surface area contributed by atoms with Crippen LogP contribution in [0.3, 0.4) is 0 Å². The minimum Gasteiger partial charge on any atom is -0.453 e. The Bertz CT molecular complexity index is 768. The number of amides is 4. The molecule has 0 aromatic carbocycles. The van der Waals surface area contributed by atoms with Gasteiger partial charge in [-0.25, -0.2) is 9.59 Å². The molecule has 0 unspecified atom stereocenters. The van der Waals surface area contributed by atoms with Gasteiger partial charge < -0.3 is 29.9 Å². The molecule has 3 heterocycles. The van der Waals surface area contributed by atoms with Crippen molar-refractivity contribution < 1.29 is 23.9 Å². The fourth-order valence-corrected chi connectivity index (χ4v) is 6.26. The van der Waals surface area contributed by atoms with Gasteiger partial charge in [-0.15, -0.1) is 0 Å². The molecule has 3 saturated heterocycles. The van der Waals surface area contributed by atoms with Crippen LogP contribution in [0, 0.1) is 5.92 Å². The van der Waals surface area contributed by atoms with Crippen molar-refractivity contribution in [1.82, 2.24) is 25.3 Å². The number of piperidine rings is 1. The van der Waals surface area contributed by atoms with Crippen LogP contribution in [0.4, 0.5) is 9.59 Å². The molecule has 0 aromatic rings. The Balaban J connectivity index is 0.000000261. The number of hydrogen-bond donors (Lipinski definition) is 2. The molecular weight excluding hydrogens is 546 g/mol. The first kappa shape index (κ1) is 37.1. The molecular formula is C33H63N5O5. The van der Waals surface area contributed by atoms with Crippen LogP contribution >= 0.6 is 0 Å². The average Bonchev–Trinajstić information content (AvgIpc) is 3.03. The fourth-order valence-electron chi connectivity index (χ4n) is 6.26. The molecule has 2 aliphatic carbocycles. The first-order chi connectivity index (χ1) is 20.9. The third-order valence-corrected chi connectivity index (χ3v) is 8.92. The maximum Gasteiger partial charge on any atom is 0.409 e. The predicted octanol–water partition coefficient (Wildman–Crippen LogP) is 5.40. The monoisotopic (exact) mass is 609 g/mol. The van der Waals surface area contributed by atoms with Crippen molar-refractivity contribution in [3.8, 4) is 0 Å². The largest absolute Gasteiger partial charge is 0.453 e. The second-order valence-corrected chi connectivity index (χ2v) is 12.3. The lowest BCUT2D eigenvalue weighted by Gasteiger charge is -2.41. The average molecular weight is 610 g/mol. The predicted molar refractivity (Wildman–Crippen MR) is 172 cm³/mol.